The van der Waals surface area contributed by atoms with Crippen LogP contribution < -0.4 is 20.4 Å². The van der Waals surface area contributed by atoms with Gasteiger partial charge in [-0.15, -0.1) is 0 Å². The Bertz CT molecular complexity index is 73.7. The van der Waals surface area contributed by atoms with Gasteiger partial charge in [0.25, 0.3) is 0 Å². The molecule has 0 atom stereocenters. The Hall–Kier alpha value is 0.150. The molecule has 0 rings (SSSR count). The molecule has 0 amide bonds. The maximum Gasteiger partial charge on any atom is 2.00 e. The Morgan fingerprint density at radius 1 is 0.800 bits per heavy atom. The van der Waals surface area contributed by atoms with Gasteiger partial charge in [0.2, 0.25) is 0 Å². The van der Waals surface area contributed by atoms with Crippen LogP contribution in [0.5, 0.6) is 0 Å². The minimum Gasteiger partial charge on any atom is -0.652 e. The van der Waals surface area contributed by atoms with Gasteiger partial charge in [-0.05, 0) is 12.3 Å². The second-order valence-corrected chi connectivity index (χ2v) is 0.500. The second-order valence-electron chi connectivity index (χ2n) is 0.500. The van der Waals surface area contributed by atoms with Gasteiger partial charge in [-0.3, -0.25) is 0 Å². The molecule has 0 saturated heterocycles. The first-order valence-electron chi connectivity index (χ1n) is 1.22. The van der Waals surface area contributed by atoms with E-state index >= 15 is 0 Å². The van der Waals surface area contributed by atoms with E-state index in [1.165, 1.54) is 0 Å². The van der Waals surface area contributed by atoms with Crippen molar-refractivity contribution in [3.8, 4) is 0 Å². The molecular formula is C2CaO6S. The van der Waals surface area contributed by atoms with Crippen LogP contribution in [-0.4, -0.2) is 50.0 Å². The SMILES string of the molecule is O=C([O-])[O-].O=C([O-])[O-].[Ca+2].[S+2]. The Morgan fingerprint density at radius 3 is 0.800 bits per heavy atom. The van der Waals surface area contributed by atoms with Crippen molar-refractivity contribution in [2.24, 2.45) is 0 Å². The molecular weight excluding hydrogens is 192 g/mol. The van der Waals surface area contributed by atoms with Crippen molar-refractivity contribution in [1.82, 2.24) is 0 Å². The van der Waals surface area contributed by atoms with E-state index in [9.17, 15) is 0 Å². The Balaban J connectivity index is -0.0000000300. The van der Waals surface area contributed by atoms with Crippen LogP contribution >= 0.6 is 0 Å². The van der Waals surface area contributed by atoms with Gasteiger partial charge in [-0.2, -0.15) is 0 Å². The summed E-state index contributed by atoms with van der Waals surface area (Å²) in [7, 11) is 0. The summed E-state index contributed by atoms with van der Waals surface area (Å²) in [5, 5.41) is 33.3. The van der Waals surface area contributed by atoms with Crippen LogP contribution in [0.15, 0.2) is 0 Å². The predicted molar refractivity (Wildman–Crippen MR) is 23.9 cm³/mol. The third-order valence-corrected chi connectivity index (χ3v) is 0. The average molecular weight is 192 g/mol. The zero-order valence-electron chi connectivity index (χ0n) is 4.56. The molecule has 0 fully saturated rings. The maximum atomic E-state index is 8.33. The zero-order chi connectivity index (χ0) is 7.15. The van der Waals surface area contributed by atoms with Crippen LogP contribution in [0.4, 0.5) is 9.59 Å². The molecule has 0 heterocycles. The fraction of sp³-hybridized carbons (Fsp3) is 0. The molecule has 10 heavy (non-hydrogen) atoms. The molecule has 0 unspecified atom stereocenters. The van der Waals surface area contributed by atoms with Gasteiger partial charge >= 0.3 is 51.2 Å². The van der Waals surface area contributed by atoms with Crippen LogP contribution in [0.1, 0.15) is 0 Å². The summed E-state index contributed by atoms with van der Waals surface area (Å²) in [6.45, 7) is 0. The molecule has 0 N–H and O–H groups in total. The summed E-state index contributed by atoms with van der Waals surface area (Å²) in [6.07, 6.45) is -4.67. The summed E-state index contributed by atoms with van der Waals surface area (Å²) in [4.78, 5) is 16.7. The summed E-state index contributed by atoms with van der Waals surface area (Å²) in [6, 6.07) is 0. The maximum absolute atomic E-state index is 8.33. The molecule has 52 valence electrons. The van der Waals surface area contributed by atoms with Gasteiger partial charge in [0.15, 0.2) is 0 Å². The fourth-order valence-electron chi connectivity index (χ4n) is 0. The number of hydrogen-bond donors (Lipinski definition) is 0. The standard InChI is InChI=1S/2CH2O3.Ca.S/c2*2-1(3)4;;/h2*(H2,2,3,4);;/q;;2*+2/p-4. The minimum absolute atomic E-state index is 0. The summed E-state index contributed by atoms with van der Waals surface area (Å²) in [5.41, 5.74) is 0. The van der Waals surface area contributed by atoms with E-state index < -0.39 is 12.3 Å². The molecule has 0 aromatic heterocycles. The van der Waals surface area contributed by atoms with Gasteiger partial charge in [-0.1, -0.05) is 0 Å². The molecule has 0 spiro atoms. The number of rotatable bonds is 0. The fourth-order valence-corrected chi connectivity index (χ4v) is 0. The first-order chi connectivity index (χ1) is 3.46. The van der Waals surface area contributed by atoms with Gasteiger partial charge in [0.1, 0.15) is 0 Å². The van der Waals surface area contributed by atoms with E-state index in [4.69, 9.17) is 30.0 Å². The number of carbonyl (C=O) groups is 2. The number of hydrogen-bond acceptors (Lipinski definition) is 6. The average Bonchev–Trinajstić information content (AvgIpc) is 1.25. The van der Waals surface area contributed by atoms with Crippen LogP contribution in [0.3, 0.4) is 0 Å². The van der Waals surface area contributed by atoms with E-state index in [2.05, 4.69) is 0 Å². The third-order valence-electron chi connectivity index (χ3n) is 0. The molecule has 0 aromatic rings. The molecule has 0 aliphatic heterocycles. The van der Waals surface area contributed by atoms with Crippen molar-refractivity contribution in [2.75, 3.05) is 0 Å². The Morgan fingerprint density at radius 2 is 0.800 bits per heavy atom. The van der Waals surface area contributed by atoms with Crippen LogP contribution in [-0.2, 0) is 13.5 Å². The first kappa shape index (κ1) is 22.5. The van der Waals surface area contributed by atoms with Crippen molar-refractivity contribution in [3.63, 3.8) is 0 Å². The summed E-state index contributed by atoms with van der Waals surface area (Å²) < 4.78 is 0. The van der Waals surface area contributed by atoms with Gasteiger partial charge in [0.05, 0.1) is 0 Å². The molecule has 0 aliphatic rings. The molecule has 0 aromatic carbocycles. The van der Waals surface area contributed by atoms with Gasteiger partial charge < -0.3 is 30.0 Å². The van der Waals surface area contributed by atoms with Crippen molar-refractivity contribution in [3.05, 3.63) is 0 Å². The zero-order valence-corrected chi connectivity index (χ0v) is 7.59. The van der Waals surface area contributed by atoms with E-state index in [1.807, 2.05) is 0 Å². The monoisotopic (exact) mass is 192 g/mol. The normalized spacial score (nSPS) is 4.80. The molecule has 0 aliphatic carbocycles. The molecule has 6 nitrogen and oxygen atoms in total. The van der Waals surface area contributed by atoms with Crippen molar-refractivity contribution >= 4 is 63.5 Å². The van der Waals surface area contributed by atoms with Crippen LogP contribution in [0, 0.1) is 0 Å². The topological polar surface area (TPSA) is 126 Å². The van der Waals surface area contributed by atoms with Gasteiger partial charge in [0, 0.05) is 0 Å². The van der Waals surface area contributed by atoms with Crippen molar-refractivity contribution < 1.29 is 30.0 Å². The summed E-state index contributed by atoms with van der Waals surface area (Å²) >= 11 is 0. The van der Waals surface area contributed by atoms with Crippen LogP contribution in [0.25, 0.3) is 0 Å². The quantitative estimate of drug-likeness (QED) is 0.353. The van der Waals surface area contributed by atoms with E-state index in [1.54, 1.807) is 0 Å². The first-order valence-corrected chi connectivity index (χ1v) is 1.22. The largest absolute Gasteiger partial charge is 2.00 e. The predicted octanol–water partition coefficient (Wildman–Crippen LogP) is -5.28. The minimum atomic E-state index is -2.33. The van der Waals surface area contributed by atoms with E-state index in [-0.39, 0.29) is 51.2 Å². The van der Waals surface area contributed by atoms with E-state index in [0.717, 1.165) is 0 Å². The van der Waals surface area contributed by atoms with E-state index in [0.29, 0.717) is 0 Å². The smallest absolute Gasteiger partial charge is 0.652 e. The van der Waals surface area contributed by atoms with Crippen LogP contribution in [0.2, 0.25) is 0 Å². The molecule has 8 heteroatoms. The molecule has 4 radical (unpaired) electrons. The molecule has 0 saturated carbocycles. The number of carbonyl (C=O) groups excluding carboxylic acids is 2. The number of carboxylic acid groups (broad SMARTS) is 4. The Kier molecular flexibility index (Phi) is 36.1. The second kappa shape index (κ2) is 16.1. The Labute approximate surface area is 92.9 Å². The van der Waals surface area contributed by atoms with Gasteiger partial charge in [-0.25, -0.2) is 0 Å². The summed E-state index contributed by atoms with van der Waals surface area (Å²) in [5.74, 6) is 0. The third kappa shape index (κ3) is 18600. The van der Waals surface area contributed by atoms with Crippen molar-refractivity contribution in [1.29, 1.82) is 0 Å². The van der Waals surface area contributed by atoms with Crippen molar-refractivity contribution in [2.45, 2.75) is 0 Å². The molecule has 0 bridgehead atoms.